The van der Waals surface area contributed by atoms with Gasteiger partial charge in [0.25, 0.3) is 5.91 Å². The van der Waals surface area contributed by atoms with Gasteiger partial charge in [0, 0.05) is 5.56 Å². The molecule has 0 bridgehead atoms. The Hall–Kier alpha value is -2.18. The van der Waals surface area contributed by atoms with Crippen molar-refractivity contribution < 1.29 is 19.8 Å². The zero-order chi connectivity index (χ0) is 16.3. The van der Waals surface area contributed by atoms with Gasteiger partial charge in [0.15, 0.2) is 5.60 Å². The number of aliphatic hydroxyl groups is 1. The zero-order valence-electron chi connectivity index (χ0n) is 12.3. The fourth-order valence-electron chi connectivity index (χ4n) is 1.85. The van der Waals surface area contributed by atoms with Crippen LogP contribution in [0.2, 0.25) is 0 Å². The van der Waals surface area contributed by atoms with E-state index in [1.165, 1.54) is 11.3 Å². The van der Waals surface area contributed by atoms with Crippen molar-refractivity contribution in [3.05, 3.63) is 46.2 Å². The molecule has 2 rings (SSSR count). The van der Waals surface area contributed by atoms with E-state index >= 15 is 0 Å². The van der Waals surface area contributed by atoms with Gasteiger partial charge >= 0.3 is 5.97 Å². The van der Waals surface area contributed by atoms with Gasteiger partial charge in [-0.15, -0.1) is 11.3 Å². The molecule has 2 aromatic rings. The Morgan fingerprint density at radius 3 is 2.45 bits per heavy atom. The van der Waals surface area contributed by atoms with Crippen LogP contribution in [0.4, 0.5) is 0 Å². The number of amides is 1. The Kier molecular flexibility index (Phi) is 4.63. The van der Waals surface area contributed by atoms with Gasteiger partial charge in [0.2, 0.25) is 0 Å². The van der Waals surface area contributed by atoms with Crippen molar-refractivity contribution in [2.24, 2.45) is 0 Å². The molecule has 0 aliphatic carbocycles. The molecular weight excluding hydrogens is 302 g/mol. The standard InChI is InChI=1S/C16H17NO4S/c1-10-3-5-11(6-4-10)12-7-8-22-13(12)14(18)17-9-16(2,21)15(19)20/h3-8,21H,9H2,1-2H3,(H,17,18)(H,19,20). The Morgan fingerprint density at radius 1 is 1.23 bits per heavy atom. The van der Waals surface area contributed by atoms with E-state index in [-0.39, 0.29) is 6.54 Å². The summed E-state index contributed by atoms with van der Waals surface area (Å²) >= 11 is 1.27. The molecule has 1 unspecified atom stereocenters. The van der Waals surface area contributed by atoms with Crippen LogP contribution in [0.3, 0.4) is 0 Å². The first-order valence-electron chi connectivity index (χ1n) is 6.70. The number of benzene rings is 1. The number of carbonyl (C=O) groups excluding carboxylic acids is 1. The van der Waals surface area contributed by atoms with E-state index in [4.69, 9.17) is 5.11 Å². The molecule has 6 heteroatoms. The van der Waals surface area contributed by atoms with E-state index in [1.54, 1.807) is 5.38 Å². The molecule has 1 aromatic heterocycles. The lowest BCUT2D eigenvalue weighted by molar-refractivity contribution is -0.155. The van der Waals surface area contributed by atoms with Crippen LogP contribution in [0.15, 0.2) is 35.7 Å². The lowest BCUT2D eigenvalue weighted by Crippen LogP contribution is -2.46. The van der Waals surface area contributed by atoms with Crippen molar-refractivity contribution in [1.29, 1.82) is 0 Å². The van der Waals surface area contributed by atoms with Gasteiger partial charge in [-0.3, -0.25) is 4.79 Å². The highest BCUT2D eigenvalue weighted by Gasteiger charge is 2.30. The minimum Gasteiger partial charge on any atom is -0.479 e. The van der Waals surface area contributed by atoms with Crippen molar-refractivity contribution in [3.8, 4) is 11.1 Å². The minimum absolute atomic E-state index is 0.355. The van der Waals surface area contributed by atoms with Crippen LogP contribution in [0, 0.1) is 6.92 Å². The van der Waals surface area contributed by atoms with Gasteiger partial charge in [-0.2, -0.15) is 0 Å². The average Bonchev–Trinajstić information content (AvgIpc) is 2.95. The summed E-state index contributed by atoms with van der Waals surface area (Å²) in [6.07, 6.45) is 0. The molecule has 5 nitrogen and oxygen atoms in total. The molecule has 0 saturated heterocycles. The second kappa shape index (κ2) is 6.29. The predicted octanol–water partition coefficient (Wildman–Crippen LogP) is 2.29. The highest BCUT2D eigenvalue weighted by atomic mass is 32.1. The van der Waals surface area contributed by atoms with Crippen molar-refractivity contribution in [2.75, 3.05) is 6.54 Å². The molecule has 22 heavy (non-hydrogen) atoms. The van der Waals surface area contributed by atoms with E-state index in [1.807, 2.05) is 37.3 Å². The first-order valence-corrected chi connectivity index (χ1v) is 7.58. The maximum atomic E-state index is 12.2. The molecule has 1 amide bonds. The molecule has 0 aliphatic rings. The number of carbonyl (C=O) groups is 2. The van der Waals surface area contributed by atoms with Gasteiger partial charge < -0.3 is 15.5 Å². The third-order valence-corrected chi connectivity index (χ3v) is 4.20. The summed E-state index contributed by atoms with van der Waals surface area (Å²) in [6.45, 7) is 2.77. The molecule has 0 saturated carbocycles. The molecule has 3 N–H and O–H groups in total. The van der Waals surface area contributed by atoms with E-state index in [9.17, 15) is 14.7 Å². The zero-order valence-corrected chi connectivity index (χ0v) is 13.1. The summed E-state index contributed by atoms with van der Waals surface area (Å²) in [4.78, 5) is 23.6. The predicted molar refractivity (Wildman–Crippen MR) is 85.1 cm³/mol. The third kappa shape index (κ3) is 3.52. The Morgan fingerprint density at radius 2 is 1.86 bits per heavy atom. The molecule has 1 heterocycles. The topological polar surface area (TPSA) is 86.6 Å². The summed E-state index contributed by atoms with van der Waals surface area (Å²) in [5, 5.41) is 22.8. The van der Waals surface area contributed by atoms with E-state index in [0.717, 1.165) is 23.6 Å². The summed E-state index contributed by atoms with van der Waals surface area (Å²) in [5.41, 5.74) is 0.846. The van der Waals surface area contributed by atoms with E-state index in [0.29, 0.717) is 4.88 Å². The Balaban J connectivity index is 2.17. The van der Waals surface area contributed by atoms with Gasteiger partial charge in [0.1, 0.15) is 0 Å². The quantitative estimate of drug-likeness (QED) is 0.789. The van der Waals surface area contributed by atoms with Gasteiger partial charge in [-0.05, 0) is 30.9 Å². The largest absolute Gasteiger partial charge is 0.479 e. The fourth-order valence-corrected chi connectivity index (χ4v) is 2.69. The number of hydrogen-bond donors (Lipinski definition) is 3. The first-order chi connectivity index (χ1) is 10.3. The molecule has 0 fully saturated rings. The molecule has 1 aromatic carbocycles. The van der Waals surface area contributed by atoms with Gasteiger partial charge in [-0.25, -0.2) is 4.79 Å². The third-order valence-electron chi connectivity index (χ3n) is 3.29. The SMILES string of the molecule is Cc1ccc(-c2ccsc2C(=O)NCC(C)(O)C(=O)O)cc1. The summed E-state index contributed by atoms with van der Waals surface area (Å²) in [7, 11) is 0. The summed E-state index contributed by atoms with van der Waals surface area (Å²) < 4.78 is 0. The first kappa shape index (κ1) is 16.2. The second-order valence-corrected chi connectivity index (χ2v) is 6.21. The van der Waals surface area contributed by atoms with Crippen molar-refractivity contribution in [1.82, 2.24) is 5.32 Å². The molecule has 116 valence electrons. The number of hydrogen-bond acceptors (Lipinski definition) is 4. The van der Waals surface area contributed by atoms with Crippen LogP contribution in [0.25, 0.3) is 11.1 Å². The van der Waals surface area contributed by atoms with Crippen LogP contribution < -0.4 is 5.32 Å². The van der Waals surface area contributed by atoms with Crippen LogP contribution in [-0.2, 0) is 4.79 Å². The number of carboxylic acids is 1. The smallest absolute Gasteiger partial charge is 0.337 e. The van der Waals surface area contributed by atoms with Crippen molar-refractivity contribution in [2.45, 2.75) is 19.4 Å². The second-order valence-electron chi connectivity index (χ2n) is 5.29. The molecule has 0 spiro atoms. The number of nitrogens with one attached hydrogen (secondary N) is 1. The molecule has 1 atom stereocenters. The van der Waals surface area contributed by atoms with Gasteiger partial charge in [0.05, 0.1) is 11.4 Å². The lowest BCUT2D eigenvalue weighted by atomic mass is 10.0. The number of aryl methyl sites for hydroxylation is 1. The normalized spacial score (nSPS) is 13.4. The van der Waals surface area contributed by atoms with E-state index < -0.39 is 17.5 Å². The van der Waals surface area contributed by atoms with Crippen molar-refractivity contribution in [3.63, 3.8) is 0 Å². The molecule has 0 radical (unpaired) electrons. The Labute approximate surface area is 132 Å². The Bertz CT molecular complexity index is 688. The summed E-state index contributed by atoms with van der Waals surface area (Å²) in [6, 6.07) is 9.64. The molecule has 0 aliphatic heterocycles. The van der Waals surface area contributed by atoms with E-state index in [2.05, 4.69) is 5.32 Å². The number of rotatable bonds is 5. The van der Waals surface area contributed by atoms with Crippen LogP contribution in [-0.4, -0.2) is 34.2 Å². The monoisotopic (exact) mass is 319 g/mol. The lowest BCUT2D eigenvalue weighted by Gasteiger charge is -2.18. The maximum Gasteiger partial charge on any atom is 0.337 e. The number of aliphatic carboxylic acids is 1. The minimum atomic E-state index is -1.99. The van der Waals surface area contributed by atoms with Crippen LogP contribution in [0.5, 0.6) is 0 Å². The fraction of sp³-hybridized carbons (Fsp3) is 0.250. The van der Waals surface area contributed by atoms with Crippen LogP contribution in [0.1, 0.15) is 22.2 Å². The van der Waals surface area contributed by atoms with Crippen LogP contribution >= 0.6 is 11.3 Å². The molecular formula is C16H17NO4S. The highest BCUT2D eigenvalue weighted by molar-refractivity contribution is 7.12. The average molecular weight is 319 g/mol. The summed E-state index contributed by atoms with van der Waals surface area (Å²) in [5.74, 6) is -1.77. The van der Waals surface area contributed by atoms with Gasteiger partial charge in [-0.1, -0.05) is 29.8 Å². The highest BCUT2D eigenvalue weighted by Crippen LogP contribution is 2.28. The van der Waals surface area contributed by atoms with Crippen molar-refractivity contribution >= 4 is 23.2 Å². The number of carboxylic acid groups (broad SMARTS) is 1. The number of thiophene rings is 1. The maximum absolute atomic E-state index is 12.2.